The molecule has 4 nitrogen and oxygen atoms in total. The van der Waals surface area contributed by atoms with Crippen molar-refractivity contribution in [3.8, 4) is 0 Å². The molecule has 0 saturated carbocycles. The Kier molecular flexibility index (Phi) is 4.83. The fourth-order valence-electron chi connectivity index (χ4n) is 0.585. The second-order valence-corrected chi connectivity index (χ2v) is 4.16. The molecule has 0 atom stereocenters. The van der Waals surface area contributed by atoms with Gasteiger partial charge in [0.1, 0.15) is 0 Å². The smallest absolute Gasteiger partial charge is 0.214 e. The van der Waals surface area contributed by atoms with Crippen molar-refractivity contribution in [2.24, 2.45) is 0 Å². The predicted octanol–water partition coefficient (Wildman–Crippen LogP) is 0.235. The first-order chi connectivity index (χ1) is 5.12. The molecule has 0 radical (unpaired) electrons. The van der Waals surface area contributed by atoms with E-state index in [1.807, 2.05) is 0 Å². The Morgan fingerprint density at radius 2 is 2.09 bits per heavy atom. The van der Waals surface area contributed by atoms with Crippen LogP contribution in [0.2, 0.25) is 0 Å². The van der Waals surface area contributed by atoms with Crippen LogP contribution in [0.15, 0.2) is 0 Å². The lowest BCUT2D eigenvalue weighted by atomic mass is 10.3. The number of hydrogen-bond acceptors (Lipinski definition) is 2. The van der Waals surface area contributed by atoms with Crippen molar-refractivity contribution in [1.29, 1.82) is 0 Å². The van der Waals surface area contributed by atoms with E-state index < -0.39 is 10.0 Å². The van der Waals surface area contributed by atoms with Crippen molar-refractivity contribution >= 4 is 10.0 Å². The molecule has 0 aromatic carbocycles. The molecule has 0 heterocycles. The molecule has 0 aromatic rings. The molecule has 0 aliphatic carbocycles. The molecule has 5 heteroatoms. The van der Waals surface area contributed by atoms with Gasteiger partial charge in [0.2, 0.25) is 16.6 Å². The van der Waals surface area contributed by atoms with Gasteiger partial charge in [-0.05, 0) is 13.5 Å². The average Bonchev–Trinajstić information content (AvgIpc) is 1.99. The Morgan fingerprint density at radius 3 is 2.55 bits per heavy atom. The van der Waals surface area contributed by atoms with Gasteiger partial charge in [-0.15, -0.1) is 0 Å². The van der Waals surface area contributed by atoms with E-state index in [1.165, 1.54) is 7.05 Å². The van der Waals surface area contributed by atoms with Gasteiger partial charge in [0.15, 0.2) is 0 Å². The highest BCUT2D eigenvalue weighted by molar-refractivity contribution is 7.89. The first kappa shape index (κ1) is 10.4. The molecule has 0 aliphatic heterocycles. The van der Waals surface area contributed by atoms with Crippen molar-refractivity contribution in [1.82, 2.24) is 4.72 Å². The van der Waals surface area contributed by atoms with E-state index in [0.717, 1.165) is 0 Å². The van der Waals surface area contributed by atoms with E-state index in [0.29, 0.717) is 19.4 Å². The third-order valence-electron chi connectivity index (χ3n) is 1.24. The van der Waals surface area contributed by atoms with E-state index in [-0.39, 0.29) is 5.75 Å². The van der Waals surface area contributed by atoms with Crippen LogP contribution in [0.1, 0.15) is 12.8 Å². The second-order valence-electron chi connectivity index (χ2n) is 2.11. The van der Waals surface area contributed by atoms with Gasteiger partial charge in [-0.1, -0.05) is 0 Å². The molecular weight excluding hydrogens is 164 g/mol. The molecule has 0 bridgehead atoms. The zero-order chi connectivity index (χ0) is 8.74. The first-order valence-electron chi connectivity index (χ1n) is 3.37. The summed E-state index contributed by atoms with van der Waals surface area (Å²) in [5.74, 6) is 0.124. The minimum Gasteiger partial charge on any atom is -0.317 e. The lowest BCUT2D eigenvalue weighted by molar-refractivity contribution is 0.584. The highest BCUT2D eigenvalue weighted by atomic mass is 32.2. The van der Waals surface area contributed by atoms with E-state index >= 15 is 0 Å². The van der Waals surface area contributed by atoms with Gasteiger partial charge in [0.25, 0.3) is 0 Å². The Bertz CT molecular complexity index is 227. The Balaban J connectivity index is 3.49. The van der Waals surface area contributed by atoms with Crippen LogP contribution >= 0.6 is 0 Å². The molecule has 0 spiro atoms. The SMILES string of the molecule is [C-]#[N+]CCCCS(=O)(=O)NC. The van der Waals surface area contributed by atoms with Crippen LogP contribution in [0, 0.1) is 6.57 Å². The van der Waals surface area contributed by atoms with E-state index in [2.05, 4.69) is 9.57 Å². The number of nitrogens with one attached hydrogen (secondary N) is 1. The first-order valence-corrected chi connectivity index (χ1v) is 5.02. The monoisotopic (exact) mass is 176 g/mol. The van der Waals surface area contributed by atoms with Crippen LogP contribution in [0.3, 0.4) is 0 Å². The lowest BCUT2D eigenvalue weighted by Gasteiger charge is -1.98. The number of hydrogen-bond donors (Lipinski definition) is 1. The predicted molar refractivity (Wildman–Crippen MR) is 43.5 cm³/mol. The number of nitrogens with zero attached hydrogens (tertiary/aromatic N) is 1. The van der Waals surface area contributed by atoms with Gasteiger partial charge < -0.3 is 4.85 Å². The molecule has 0 rings (SSSR count). The summed E-state index contributed by atoms with van der Waals surface area (Å²) >= 11 is 0. The standard InChI is InChI=1S/C6H12N2O2S/c1-7-5-3-4-6-11(9,10)8-2/h8H,3-6H2,2H3. The van der Waals surface area contributed by atoms with Gasteiger partial charge >= 0.3 is 0 Å². The van der Waals surface area contributed by atoms with Gasteiger partial charge in [-0.3, -0.25) is 0 Å². The van der Waals surface area contributed by atoms with Crippen molar-refractivity contribution in [3.63, 3.8) is 0 Å². The number of unbranched alkanes of at least 4 members (excludes halogenated alkanes) is 1. The fraction of sp³-hybridized carbons (Fsp3) is 0.833. The minimum atomic E-state index is -3.05. The Morgan fingerprint density at radius 1 is 1.45 bits per heavy atom. The molecule has 0 saturated heterocycles. The van der Waals surface area contributed by atoms with Crippen molar-refractivity contribution in [2.75, 3.05) is 19.3 Å². The molecule has 1 N–H and O–H groups in total. The highest BCUT2D eigenvalue weighted by Crippen LogP contribution is 1.93. The third kappa shape index (κ3) is 5.83. The van der Waals surface area contributed by atoms with Crippen molar-refractivity contribution < 1.29 is 8.42 Å². The highest BCUT2D eigenvalue weighted by Gasteiger charge is 2.05. The Labute approximate surface area is 67.5 Å². The number of rotatable bonds is 5. The van der Waals surface area contributed by atoms with Crippen LogP contribution < -0.4 is 4.72 Å². The van der Waals surface area contributed by atoms with Crippen LogP contribution in [0.25, 0.3) is 4.85 Å². The molecule has 0 aromatic heterocycles. The van der Waals surface area contributed by atoms with E-state index in [4.69, 9.17) is 6.57 Å². The van der Waals surface area contributed by atoms with Crippen LogP contribution in [-0.2, 0) is 10.0 Å². The summed E-state index contributed by atoms with van der Waals surface area (Å²) in [7, 11) is -1.66. The molecule has 0 aliphatic rings. The van der Waals surface area contributed by atoms with Gasteiger partial charge in [-0.25, -0.2) is 19.7 Å². The molecular formula is C6H12N2O2S. The van der Waals surface area contributed by atoms with Gasteiger partial charge in [0.05, 0.1) is 5.75 Å². The van der Waals surface area contributed by atoms with E-state index in [1.54, 1.807) is 0 Å². The second kappa shape index (κ2) is 5.10. The summed E-state index contributed by atoms with van der Waals surface area (Å²) in [6.45, 7) is 6.86. The number of sulfonamides is 1. The molecule has 0 amide bonds. The quantitative estimate of drug-likeness (QED) is 0.481. The maximum absolute atomic E-state index is 10.8. The third-order valence-corrected chi connectivity index (χ3v) is 2.69. The molecule has 0 fully saturated rings. The summed E-state index contributed by atoms with van der Waals surface area (Å²) in [5.41, 5.74) is 0. The van der Waals surface area contributed by atoms with Crippen molar-refractivity contribution in [2.45, 2.75) is 12.8 Å². The maximum atomic E-state index is 10.8. The summed E-state index contributed by atoms with van der Waals surface area (Å²) in [6, 6.07) is 0. The Hall–Kier alpha value is -0.600. The summed E-state index contributed by atoms with van der Waals surface area (Å²) in [5, 5.41) is 0. The summed E-state index contributed by atoms with van der Waals surface area (Å²) < 4.78 is 23.8. The lowest BCUT2D eigenvalue weighted by Crippen LogP contribution is -2.21. The van der Waals surface area contributed by atoms with Crippen molar-refractivity contribution in [3.05, 3.63) is 11.4 Å². The molecule has 64 valence electrons. The van der Waals surface area contributed by atoms with Gasteiger partial charge in [-0.2, -0.15) is 0 Å². The topological polar surface area (TPSA) is 50.5 Å². The summed E-state index contributed by atoms with van der Waals surface area (Å²) in [4.78, 5) is 3.12. The van der Waals surface area contributed by atoms with Crippen LogP contribution in [-0.4, -0.2) is 27.8 Å². The van der Waals surface area contributed by atoms with Crippen LogP contribution in [0.4, 0.5) is 0 Å². The molecule has 0 unspecified atom stereocenters. The van der Waals surface area contributed by atoms with Gasteiger partial charge in [0, 0.05) is 6.42 Å². The summed E-state index contributed by atoms with van der Waals surface area (Å²) in [6.07, 6.45) is 1.22. The van der Waals surface area contributed by atoms with Crippen LogP contribution in [0.5, 0.6) is 0 Å². The minimum absolute atomic E-state index is 0.124. The fourth-order valence-corrected chi connectivity index (χ4v) is 1.37. The van der Waals surface area contributed by atoms with E-state index in [9.17, 15) is 8.42 Å². The maximum Gasteiger partial charge on any atom is 0.214 e. The average molecular weight is 176 g/mol. The normalized spacial score (nSPS) is 10.9. The molecule has 11 heavy (non-hydrogen) atoms. The zero-order valence-corrected chi connectivity index (χ0v) is 7.32. The largest absolute Gasteiger partial charge is 0.317 e. The zero-order valence-electron chi connectivity index (χ0n) is 6.50.